The normalized spacial score (nSPS) is 26.3. The highest BCUT2D eigenvalue weighted by atomic mass is 32.2. The number of thioether (sulfide) groups is 1. The Labute approximate surface area is 101 Å². The molecule has 0 saturated heterocycles. The van der Waals surface area contributed by atoms with Crippen LogP contribution in [0.25, 0.3) is 0 Å². The lowest BCUT2D eigenvalue weighted by Gasteiger charge is -2.28. The monoisotopic (exact) mass is 243 g/mol. The summed E-state index contributed by atoms with van der Waals surface area (Å²) in [5, 5.41) is 9.88. The summed E-state index contributed by atoms with van der Waals surface area (Å²) in [5.74, 6) is 0.0110. The van der Waals surface area contributed by atoms with Crippen molar-refractivity contribution in [2.24, 2.45) is 11.7 Å². The molecular weight excluding hydrogens is 222 g/mol. The number of carboxylic acids is 1. The first-order valence-corrected chi connectivity index (χ1v) is 7.31. The van der Waals surface area contributed by atoms with E-state index >= 15 is 0 Å². The summed E-state index contributed by atoms with van der Waals surface area (Å²) in [5.41, 5.74) is 5.09. The highest BCUT2D eigenvalue weighted by Crippen LogP contribution is 2.41. The molecule has 0 aliphatic heterocycles. The van der Waals surface area contributed by atoms with Gasteiger partial charge in [0.15, 0.2) is 0 Å². The Kier molecular flexibility index (Phi) is 3.80. The minimum Gasteiger partial charge on any atom is -0.480 e. The van der Waals surface area contributed by atoms with Crippen molar-refractivity contribution in [2.75, 3.05) is 5.75 Å². The topological polar surface area (TPSA) is 63.3 Å². The first-order valence-electron chi connectivity index (χ1n) is 6.27. The van der Waals surface area contributed by atoms with E-state index < -0.39 is 11.5 Å². The molecule has 2 rings (SSSR count). The third-order valence-electron chi connectivity index (χ3n) is 3.81. The summed E-state index contributed by atoms with van der Waals surface area (Å²) in [6.07, 6.45) is 8.40. The molecule has 2 fully saturated rings. The standard InChI is InChI=1S/C12H21NO2S/c13-12(11(14)15,9-6-7-9)8-16-10-4-2-1-3-5-10/h9-10H,1-8,13H2,(H,14,15). The molecule has 92 valence electrons. The molecule has 16 heavy (non-hydrogen) atoms. The molecule has 0 aromatic heterocycles. The number of hydrogen-bond acceptors (Lipinski definition) is 3. The second-order valence-corrected chi connectivity index (χ2v) is 6.48. The molecule has 0 aromatic carbocycles. The Morgan fingerprint density at radius 2 is 1.88 bits per heavy atom. The number of hydrogen-bond donors (Lipinski definition) is 2. The molecular formula is C12H21NO2S. The summed E-state index contributed by atoms with van der Waals surface area (Å²) in [4.78, 5) is 11.2. The molecule has 1 atom stereocenters. The van der Waals surface area contributed by atoms with Crippen LogP contribution in [0.5, 0.6) is 0 Å². The molecule has 0 amide bonds. The first-order chi connectivity index (χ1) is 7.63. The van der Waals surface area contributed by atoms with Crippen molar-refractivity contribution in [3.05, 3.63) is 0 Å². The number of rotatable bonds is 5. The largest absolute Gasteiger partial charge is 0.480 e. The van der Waals surface area contributed by atoms with E-state index in [4.69, 9.17) is 5.73 Å². The van der Waals surface area contributed by atoms with Gasteiger partial charge in [0.1, 0.15) is 5.54 Å². The molecule has 0 radical (unpaired) electrons. The molecule has 0 aromatic rings. The van der Waals surface area contributed by atoms with Crippen molar-refractivity contribution in [3.63, 3.8) is 0 Å². The van der Waals surface area contributed by atoms with Gasteiger partial charge in [-0.05, 0) is 31.6 Å². The van der Waals surface area contributed by atoms with E-state index in [-0.39, 0.29) is 5.92 Å². The second-order valence-electron chi connectivity index (χ2n) is 5.19. The Morgan fingerprint density at radius 1 is 1.25 bits per heavy atom. The minimum absolute atomic E-state index is 0.223. The summed E-state index contributed by atoms with van der Waals surface area (Å²) < 4.78 is 0. The Hall–Kier alpha value is -0.220. The van der Waals surface area contributed by atoms with Gasteiger partial charge in [-0.3, -0.25) is 4.79 Å². The second kappa shape index (κ2) is 4.96. The minimum atomic E-state index is -0.956. The summed E-state index contributed by atoms with van der Waals surface area (Å²) >= 11 is 1.80. The maximum Gasteiger partial charge on any atom is 0.324 e. The van der Waals surface area contributed by atoms with Crippen LogP contribution < -0.4 is 5.73 Å². The van der Waals surface area contributed by atoms with Crippen LogP contribution >= 0.6 is 11.8 Å². The fourth-order valence-electron chi connectivity index (χ4n) is 2.44. The zero-order chi connectivity index (χ0) is 11.6. The van der Waals surface area contributed by atoms with Crippen LogP contribution in [0.4, 0.5) is 0 Å². The Bertz CT molecular complexity index is 262. The van der Waals surface area contributed by atoms with Crippen molar-refractivity contribution in [2.45, 2.75) is 55.7 Å². The molecule has 1 unspecified atom stereocenters. The van der Waals surface area contributed by atoms with Gasteiger partial charge >= 0.3 is 5.97 Å². The van der Waals surface area contributed by atoms with Gasteiger partial charge < -0.3 is 10.8 Å². The number of carboxylic acid groups (broad SMARTS) is 1. The number of aliphatic carboxylic acids is 1. The average molecular weight is 243 g/mol. The maximum absolute atomic E-state index is 11.2. The first kappa shape index (κ1) is 12.2. The van der Waals surface area contributed by atoms with Gasteiger partial charge in [-0.2, -0.15) is 11.8 Å². The van der Waals surface area contributed by atoms with E-state index in [0.29, 0.717) is 11.0 Å². The Morgan fingerprint density at radius 3 is 2.38 bits per heavy atom. The number of nitrogens with two attached hydrogens (primary N) is 1. The van der Waals surface area contributed by atoms with Gasteiger partial charge in [-0.25, -0.2) is 0 Å². The fourth-order valence-corrected chi connectivity index (χ4v) is 3.98. The van der Waals surface area contributed by atoms with Crippen molar-refractivity contribution in [1.29, 1.82) is 0 Å². The maximum atomic E-state index is 11.2. The summed E-state index contributed by atoms with van der Waals surface area (Å²) in [6, 6.07) is 0. The highest BCUT2D eigenvalue weighted by molar-refractivity contribution is 8.00. The SMILES string of the molecule is NC(CSC1CCCCC1)(C(=O)O)C1CC1. The van der Waals surface area contributed by atoms with Crippen LogP contribution in [0.3, 0.4) is 0 Å². The van der Waals surface area contributed by atoms with E-state index in [0.717, 1.165) is 12.8 Å². The van der Waals surface area contributed by atoms with Crippen molar-refractivity contribution in [3.8, 4) is 0 Å². The van der Waals surface area contributed by atoms with Crippen molar-refractivity contribution >= 4 is 17.7 Å². The summed E-state index contributed by atoms with van der Waals surface area (Å²) in [6.45, 7) is 0. The molecule has 2 aliphatic carbocycles. The molecule has 2 aliphatic rings. The zero-order valence-electron chi connectivity index (χ0n) is 9.65. The van der Waals surface area contributed by atoms with Crippen LogP contribution in [0, 0.1) is 5.92 Å². The van der Waals surface area contributed by atoms with Crippen LogP contribution in [-0.4, -0.2) is 27.6 Å². The predicted molar refractivity (Wildman–Crippen MR) is 66.6 cm³/mol. The summed E-state index contributed by atoms with van der Waals surface area (Å²) in [7, 11) is 0. The van der Waals surface area contributed by atoms with E-state index in [1.807, 2.05) is 0 Å². The highest BCUT2D eigenvalue weighted by Gasteiger charge is 2.48. The van der Waals surface area contributed by atoms with E-state index in [1.165, 1.54) is 32.1 Å². The van der Waals surface area contributed by atoms with E-state index in [9.17, 15) is 9.90 Å². The van der Waals surface area contributed by atoms with E-state index in [2.05, 4.69) is 0 Å². The fraction of sp³-hybridized carbons (Fsp3) is 0.917. The van der Waals surface area contributed by atoms with Gasteiger partial charge in [0.05, 0.1) is 0 Å². The number of carbonyl (C=O) groups is 1. The van der Waals surface area contributed by atoms with Crippen LogP contribution in [0.15, 0.2) is 0 Å². The lowest BCUT2D eigenvalue weighted by Crippen LogP contribution is -2.52. The molecule has 2 saturated carbocycles. The van der Waals surface area contributed by atoms with Gasteiger partial charge in [0.2, 0.25) is 0 Å². The average Bonchev–Trinajstić information content (AvgIpc) is 3.11. The lowest BCUT2D eigenvalue weighted by molar-refractivity contribution is -0.143. The smallest absolute Gasteiger partial charge is 0.324 e. The molecule has 0 heterocycles. The molecule has 0 spiro atoms. The van der Waals surface area contributed by atoms with Gasteiger partial charge in [0, 0.05) is 11.0 Å². The van der Waals surface area contributed by atoms with Gasteiger partial charge in [-0.1, -0.05) is 19.3 Å². The van der Waals surface area contributed by atoms with Crippen molar-refractivity contribution in [1.82, 2.24) is 0 Å². The van der Waals surface area contributed by atoms with Gasteiger partial charge in [0.25, 0.3) is 0 Å². The van der Waals surface area contributed by atoms with Crippen LogP contribution in [-0.2, 0) is 4.79 Å². The molecule has 3 nitrogen and oxygen atoms in total. The van der Waals surface area contributed by atoms with Crippen molar-refractivity contribution < 1.29 is 9.90 Å². The Balaban J connectivity index is 1.83. The predicted octanol–water partition coefficient (Wildman–Crippen LogP) is 2.24. The van der Waals surface area contributed by atoms with Crippen LogP contribution in [0.2, 0.25) is 0 Å². The molecule has 3 N–H and O–H groups in total. The third-order valence-corrected chi connectivity index (χ3v) is 5.40. The quantitative estimate of drug-likeness (QED) is 0.777. The lowest BCUT2D eigenvalue weighted by atomic mass is 9.97. The van der Waals surface area contributed by atoms with Gasteiger partial charge in [-0.15, -0.1) is 0 Å². The van der Waals surface area contributed by atoms with E-state index in [1.54, 1.807) is 11.8 Å². The molecule has 0 bridgehead atoms. The molecule has 4 heteroatoms. The zero-order valence-corrected chi connectivity index (χ0v) is 10.5. The third kappa shape index (κ3) is 2.72. The van der Waals surface area contributed by atoms with Crippen LogP contribution in [0.1, 0.15) is 44.9 Å².